The molecule has 5 nitrogen and oxygen atoms in total. The van der Waals surface area contributed by atoms with Gasteiger partial charge in [-0.3, -0.25) is 9.59 Å². The molecule has 2 amide bonds. The molecule has 1 aromatic rings. The minimum Gasteiger partial charge on any atom is -0.396 e. The number of carbonyl (C=O) groups excluding carboxylic acids is 2. The number of benzene rings is 1. The van der Waals surface area contributed by atoms with Gasteiger partial charge in [0, 0.05) is 26.6 Å². The number of hydrogen-bond donors (Lipinski definition) is 2. The molecule has 1 fully saturated rings. The normalized spacial score (nSPS) is 22.7. The van der Waals surface area contributed by atoms with Gasteiger partial charge in [-0.05, 0) is 23.6 Å². The topological polar surface area (TPSA) is 69.6 Å². The van der Waals surface area contributed by atoms with Crippen LogP contribution in [0.5, 0.6) is 0 Å². The monoisotopic (exact) mass is 308 g/mol. The molecule has 0 radical (unpaired) electrons. The van der Waals surface area contributed by atoms with Crippen molar-refractivity contribution in [1.29, 1.82) is 0 Å². The number of hydrogen-bond acceptors (Lipinski definition) is 3. The lowest BCUT2D eigenvalue weighted by Gasteiger charge is -2.25. The average molecular weight is 308 g/mol. The number of nitrogens with zero attached hydrogens (tertiary/aromatic N) is 1. The first-order valence-electron chi connectivity index (χ1n) is 7.33. The Morgan fingerprint density at radius 2 is 2.09 bits per heavy atom. The van der Waals surface area contributed by atoms with Crippen LogP contribution in [0.15, 0.2) is 24.3 Å². The van der Waals surface area contributed by atoms with Gasteiger partial charge in [-0.2, -0.15) is 0 Å². The Hall–Kier alpha value is -1.95. The van der Waals surface area contributed by atoms with E-state index in [0.29, 0.717) is 6.54 Å². The van der Waals surface area contributed by atoms with Crippen molar-refractivity contribution in [3.8, 4) is 0 Å². The Balaban J connectivity index is 2.16. The standard InChI is InChI=1S/C16H21FN2O3/c1-10(9-20)8-18-16(22)13-7-14(21)19(2)15(13)11-3-5-12(17)6-4-11/h3-6,10,13,15,20H,7-9H2,1-2H3,(H,18,22). The SMILES string of the molecule is CC(CO)CNC(=O)C1CC(=O)N(C)C1c1ccc(F)cc1. The van der Waals surface area contributed by atoms with Crippen molar-refractivity contribution >= 4 is 11.8 Å². The highest BCUT2D eigenvalue weighted by atomic mass is 19.1. The van der Waals surface area contributed by atoms with E-state index in [1.54, 1.807) is 19.2 Å². The van der Waals surface area contributed by atoms with Crippen molar-refractivity contribution in [2.45, 2.75) is 19.4 Å². The van der Waals surface area contributed by atoms with Crippen LogP contribution in [-0.4, -0.2) is 42.0 Å². The second-order valence-electron chi connectivity index (χ2n) is 5.84. The summed E-state index contributed by atoms with van der Waals surface area (Å²) in [5.74, 6) is -1.22. The molecule has 1 heterocycles. The van der Waals surface area contributed by atoms with E-state index in [2.05, 4.69) is 5.32 Å². The summed E-state index contributed by atoms with van der Waals surface area (Å²) in [7, 11) is 1.65. The van der Waals surface area contributed by atoms with E-state index in [1.165, 1.54) is 17.0 Å². The van der Waals surface area contributed by atoms with Gasteiger partial charge in [0.15, 0.2) is 0 Å². The Kier molecular flexibility index (Phi) is 5.13. The summed E-state index contributed by atoms with van der Waals surface area (Å²) < 4.78 is 13.1. The lowest BCUT2D eigenvalue weighted by molar-refractivity contribution is -0.128. The lowest BCUT2D eigenvalue weighted by atomic mass is 9.92. The maximum atomic E-state index is 13.1. The van der Waals surface area contributed by atoms with E-state index in [1.807, 2.05) is 6.92 Å². The summed E-state index contributed by atoms with van der Waals surface area (Å²) in [6.45, 7) is 2.18. The zero-order chi connectivity index (χ0) is 16.3. The number of aliphatic hydroxyl groups is 1. The molecule has 0 spiro atoms. The predicted octanol–water partition coefficient (Wildman–Crippen LogP) is 1.09. The first-order chi connectivity index (χ1) is 10.4. The minimum absolute atomic E-state index is 0.00876. The predicted molar refractivity (Wildman–Crippen MR) is 79.3 cm³/mol. The Morgan fingerprint density at radius 1 is 1.45 bits per heavy atom. The first-order valence-corrected chi connectivity index (χ1v) is 7.33. The van der Waals surface area contributed by atoms with Crippen molar-refractivity contribution in [2.75, 3.05) is 20.2 Å². The fraction of sp³-hybridized carbons (Fsp3) is 0.500. The number of rotatable bonds is 5. The van der Waals surface area contributed by atoms with Crippen LogP contribution in [0.25, 0.3) is 0 Å². The van der Waals surface area contributed by atoms with E-state index in [0.717, 1.165) is 5.56 Å². The van der Waals surface area contributed by atoms with Crippen LogP contribution in [0.4, 0.5) is 4.39 Å². The van der Waals surface area contributed by atoms with E-state index in [4.69, 9.17) is 5.11 Å². The molecule has 120 valence electrons. The van der Waals surface area contributed by atoms with Crippen molar-refractivity contribution in [1.82, 2.24) is 10.2 Å². The van der Waals surface area contributed by atoms with Crippen molar-refractivity contribution in [3.05, 3.63) is 35.6 Å². The third-order valence-electron chi connectivity index (χ3n) is 4.07. The molecule has 6 heteroatoms. The minimum atomic E-state index is -0.506. The number of carbonyl (C=O) groups is 2. The fourth-order valence-electron chi connectivity index (χ4n) is 2.69. The zero-order valence-electron chi connectivity index (χ0n) is 12.8. The molecule has 2 N–H and O–H groups in total. The second-order valence-corrected chi connectivity index (χ2v) is 5.84. The van der Waals surface area contributed by atoms with Crippen LogP contribution in [0.3, 0.4) is 0 Å². The van der Waals surface area contributed by atoms with Gasteiger partial charge in [-0.1, -0.05) is 19.1 Å². The van der Waals surface area contributed by atoms with Crippen LogP contribution < -0.4 is 5.32 Å². The molecule has 2 rings (SSSR count). The molecule has 1 aliphatic rings. The highest BCUT2D eigenvalue weighted by molar-refractivity contribution is 5.90. The Morgan fingerprint density at radius 3 is 2.68 bits per heavy atom. The van der Waals surface area contributed by atoms with E-state index >= 15 is 0 Å². The van der Waals surface area contributed by atoms with Gasteiger partial charge in [0.1, 0.15) is 5.82 Å². The Labute approximate surface area is 129 Å². The maximum Gasteiger partial charge on any atom is 0.226 e. The summed E-state index contributed by atoms with van der Waals surface area (Å²) >= 11 is 0. The number of amides is 2. The number of aliphatic hydroxyl groups excluding tert-OH is 1. The highest BCUT2D eigenvalue weighted by Crippen LogP contribution is 2.37. The zero-order valence-corrected chi connectivity index (χ0v) is 12.8. The van der Waals surface area contributed by atoms with Crippen molar-refractivity contribution in [3.63, 3.8) is 0 Å². The van der Waals surface area contributed by atoms with Crippen molar-refractivity contribution < 1.29 is 19.1 Å². The maximum absolute atomic E-state index is 13.1. The fourth-order valence-corrected chi connectivity index (χ4v) is 2.69. The van der Waals surface area contributed by atoms with E-state index in [-0.39, 0.29) is 36.6 Å². The molecular formula is C16H21FN2O3. The molecule has 0 aliphatic carbocycles. The van der Waals surface area contributed by atoms with Gasteiger partial charge in [0.25, 0.3) is 0 Å². The van der Waals surface area contributed by atoms with Crippen molar-refractivity contribution in [2.24, 2.45) is 11.8 Å². The van der Waals surface area contributed by atoms with Gasteiger partial charge >= 0.3 is 0 Å². The number of likely N-dealkylation sites (tertiary alicyclic amines) is 1. The average Bonchev–Trinajstić information content (AvgIpc) is 2.81. The van der Waals surface area contributed by atoms with Gasteiger partial charge in [-0.15, -0.1) is 0 Å². The molecule has 3 unspecified atom stereocenters. The summed E-state index contributed by atoms with van der Waals surface area (Å²) in [4.78, 5) is 25.9. The molecule has 1 saturated heterocycles. The van der Waals surface area contributed by atoms with Gasteiger partial charge in [-0.25, -0.2) is 4.39 Å². The van der Waals surface area contributed by atoms with E-state index < -0.39 is 12.0 Å². The number of halogens is 1. The molecule has 22 heavy (non-hydrogen) atoms. The molecule has 0 aromatic heterocycles. The summed E-state index contributed by atoms with van der Waals surface area (Å²) in [6, 6.07) is 5.47. The van der Waals surface area contributed by atoms with Gasteiger partial charge in [0.05, 0.1) is 12.0 Å². The Bertz CT molecular complexity index is 547. The molecular weight excluding hydrogens is 287 g/mol. The second kappa shape index (κ2) is 6.87. The molecule has 3 atom stereocenters. The van der Waals surface area contributed by atoms with E-state index in [9.17, 15) is 14.0 Å². The lowest BCUT2D eigenvalue weighted by Crippen LogP contribution is -2.37. The quantitative estimate of drug-likeness (QED) is 0.855. The van der Waals surface area contributed by atoms with Gasteiger partial charge in [0.2, 0.25) is 11.8 Å². The summed E-state index contributed by atoms with van der Waals surface area (Å²) in [6.07, 6.45) is 0.137. The molecule has 0 saturated carbocycles. The van der Waals surface area contributed by atoms with Crippen LogP contribution in [0.1, 0.15) is 24.9 Å². The third kappa shape index (κ3) is 3.44. The third-order valence-corrected chi connectivity index (χ3v) is 4.07. The summed E-state index contributed by atoms with van der Waals surface area (Å²) in [5, 5.41) is 11.8. The largest absolute Gasteiger partial charge is 0.396 e. The van der Waals surface area contributed by atoms with Crippen LogP contribution >= 0.6 is 0 Å². The van der Waals surface area contributed by atoms with Gasteiger partial charge < -0.3 is 15.3 Å². The van der Waals surface area contributed by atoms with Crippen LogP contribution in [0.2, 0.25) is 0 Å². The smallest absolute Gasteiger partial charge is 0.226 e. The van der Waals surface area contributed by atoms with Crippen LogP contribution in [0, 0.1) is 17.7 Å². The summed E-state index contributed by atoms with van der Waals surface area (Å²) in [5.41, 5.74) is 0.741. The molecule has 1 aliphatic heterocycles. The molecule has 1 aromatic carbocycles. The number of nitrogens with one attached hydrogen (secondary N) is 1. The molecule has 0 bridgehead atoms. The highest BCUT2D eigenvalue weighted by Gasteiger charge is 2.42. The first kappa shape index (κ1) is 16.4. The van der Waals surface area contributed by atoms with Crippen LogP contribution in [-0.2, 0) is 9.59 Å².